The standard InChI is InChI=1S/C26H26ClF3N6O2S/c1-34(19-6-7-35(13-19)14-23(31)37)25-33-24(38)22(39-25)9-15-2-5-21-17(8-15)11-32-36(21)12-16-3-4-18(27)10-20(16)26(28,29)30/h2-5,8-9,11,19-20H,6-7,10,12-14H2,1H3,(H2,31,37). The largest absolute Gasteiger partial charge is 0.395 e. The maximum Gasteiger partial charge on any atom is 0.395 e. The molecule has 2 atom stereocenters. The summed E-state index contributed by atoms with van der Waals surface area (Å²) in [6.45, 7) is 1.61. The summed E-state index contributed by atoms with van der Waals surface area (Å²) in [6, 6.07) is 5.54. The molecule has 2 unspecified atom stereocenters. The number of carbonyl (C=O) groups is 2. The molecule has 2 amide bonds. The molecule has 2 aromatic rings. The van der Waals surface area contributed by atoms with E-state index in [1.165, 1.54) is 23.9 Å². The van der Waals surface area contributed by atoms with Gasteiger partial charge in [0.15, 0.2) is 5.17 Å². The van der Waals surface area contributed by atoms with E-state index in [0.29, 0.717) is 22.1 Å². The Morgan fingerprint density at radius 1 is 1.33 bits per heavy atom. The van der Waals surface area contributed by atoms with Gasteiger partial charge in [-0.1, -0.05) is 23.7 Å². The Morgan fingerprint density at radius 3 is 2.87 bits per heavy atom. The van der Waals surface area contributed by atoms with Gasteiger partial charge in [0.05, 0.1) is 35.6 Å². The van der Waals surface area contributed by atoms with Crippen molar-refractivity contribution >= 4 is 57.3 Å². The van der Waals surface area contributed by atoms with Crippen molar-refractivity contribution in [2.45, 2.75) is 31.6 Å². The van der Waals surface area contributed by atoms with Crippen LogP contribution in [-0.2, 0) is 16.1 Å². The summed E-state index contributed by atoms with van der Waals surface area (Å²) in [4.78, 5) is 32.5. The van der Waals surface area contributed by atoms with Crippen LogP contribution in [0.5, 0.6) is 0 Å². The Kier molecular flexibility index (Phi) is 7.62. The topological polar surface area (TPSA) is 96.8 Å². The van der Waals surface area contributed by atoms with Gasteiger partial charge in [-0.25, -0.2) is 0 Å². The lowest BCUT2D eigenvalue weighted by molar-refractivity contribution is -0.164. The fraction of sp³-hybridized carbons (Fsp3) is 0.385. The predicted octanol–water partition coefficient (Wildman–Crippen LogP) is 4.13. The minimum absolute atomic E-state index is 0.00924. The van der Waals surface area contributed by atoms with E-state index in [1.54, 1.807) is 29.1 Å². The Bertz CT molecular complexity index is 1450. The number of fused-ring (bicyclic) bond motifs is 1. The number of carbonyl (C=O) groups excluding carboxylic acids is 2. The number of aromatic nitrogens is 2. The van der Waals surface area contributed by atoms with Crippen molar-refractivity contribution in [1.29, 1.82) is 0 Å². The van der Waals surface area contributed by atoms with Crippen LogP contribution in [0.2, 0.25) is 0 Å². The molecule has 1 aromatic heterocycles. The summed E-state index contributed by atoms with van der Waals surface area (Å²) in [5, 5.41) is 5.83. The predicted molar refractivity (Wildman–Crippen MR) is 146 cm³/mol. The summed E-state index contributed by atoms with van der Waals surface area (Å²) < 4.78 is 42.3. The number of aliphatic imine (C=N–C) groups is 1. The molecule has 2 aliphatic heterocycles. The third-order valence-corrected chi connectivity index (χ3v) is 8.46. The zero-order chi connectivity index (χ0) is 27.9. The second-order valence-corrected chi connectivity index (χ2v) is 11.3. The van der Waals surface area contributed by atoms with Crippen LogP contribution in [0.15, 0.2) is 57.1 Å². The zero-order valence-electron chi connectivity index (χ0n) is 21.0. The Morgan fingerprint density at radius 2 is 2.13 bits per heavy atom. The molecule has 1 aliphatic carbocycles. The first-order valence-corrected chi connectivity index (χ1v) is 13.5. The first kappa shape index (κ1) is 27.5. The van der Waals surface area contributed by atoms with Crippen molar-refractivity contribution < 1.29 is 22.8 Å². The lowest BCUT2D eigenvalue weighted by atomic mass is 9.90. The SMILES string of the molecule is CN(C1=NC(=O)C(=Cc2ccc3c(cnn3CC3=CC=C(Cl)CC3C(F)(F)F)c2)S1)C1CCN(CC(N)=O)C1. The van der Waals surface area contributed by atoms with E-state index in [-0.39, 0.29) is 48.0 Å². The van der Waals surface area contributed by atoms with Gasteiger partial charge in [0.2, 0.25) is 5.91 Å². The monoisotopic (exact) mass is 578 g/mol. The first-order valence-electron chi connectivity index (χ1n) is 12.3. The smallest absolute Gasteiger partial charge is 0.369 e. The summed E-state index contributed by atoms with van der Waals surface area (Å²) in [5.41, 5.74) is 6.94. The Labute approximate surface area is 232 Å². The van der Waals surface area contributed by atoms with E-state index >= 15 is 0 Å². The number of thioether (sulfide) groups is 1. The molecule has 13 heteroatoms. The Balaban J connectivity index is 1.28. The quantitative estimate of drug-likeness (QED) is 0.518. The Hall–Kier alpha value is -3.09. The third kappa shape index (κ3) is 6.07. The highest BCUT2D eigenvalue weighted by atomic mass is 35.5. The number of hydrogen-bond donors (Lipinski definition) is 1. The fourth-order valence-electron chi connectivity index (χ4n) is 5.04. The average Bonchev–Trinajstić information content (AvgIpc) is 3.58. The highest BCUT2D eigenvalue weighted by Gasteiger charge is 2.43. The number of primary amides is 1. The van der Waals surface area contributed by atoms with Crippen molar-refractivity contribution in [3.05, 3.63) is 57.6 Å². The van der Waals surface area contributed by atoms with Crippen LogP contribution in [0.3, 0.4) is 0 Å². The normalized spacial score (nSPS) is 23.4. The average molecular weight is 579 g/mol. The van der Waals surface area contributed by atoms with E-state index in [0.717, 1.165) is 23.9 Å². The van der Waals surface area contributed by atoms with Crippen LogP contribution >= 0.6 is 23.4 Å². The molecule has 5 rings (SSSR count). The number of benzene rings is 1. The first-order chi connectivity index (χ1) is 18.5. The molecule has 0 saturated carbocycles. The third-order valence-electron chi connectivity index (χ3n) is 7.10. The molecule has 1 saturated heterocycles. The number of nitrogens with zero attached hydrogens (tertiary/aromatic N) is 5. The molecule has 1 fully saturated rings. The lowest BCUT2D eigenvalue weighted by Gasteiger charge is -2.25. The highest BCUT2D eigenvalue weighted by Crippen LogP contribution is 2.40. The number of likely N-dealkylation sites (tertiary alicyclic amines) is 1. The number of rotatable bonds is 6. The van der Waals surface area contributed by atoms with Gasteiger partial charge in [0.1, 0.15) is 0 Å². The minimum atomic E-state index is -4.40. The number of allylic oxidation sites excluding steroid dienone is 4. The molecule has 3 aliphatic rings. The molecule has 39 heavy (non-hydrogen) atoms. The van der Waals surface area contributed by atoms with E-state index in [2.05, 4.69) is 10.1 Å². The van der Waals surface area contributed by atoms with Crippen LogP contribution in [-0.4, -0.2) is 75.5 Å². The molecule has 0 spiro atoms. The molecule has 0 bridgehead atoms. The maximum absolute atomic E-state index is 13.6. The summed E-state index contributed by atoms with van der Waals surface area (Å²) in [7, 11) is 1.88. The molecular formula is C26H26ClF3N6O2S. The van der Waals surface area contributed by atoms with Crippen LogP contribution in [0.25, 0.3) is 17.0 Å². The number of amides is 2. The second kappa shape index (κ2) is 10.8. The van der Waals surface area contributed by atoms with Gasteiger partial charge in [-0.15, -0.1) is 0 Å². The number of nitrogens with two attached hydrogens (primary N) is 1. The molecule has 2 N–H and O–H groups in total. The van der Waals surface area contributed by atoms with E-state index in [9.17, 15) is 22.8 Å². The summed E-state index contributed by atoms with van der Waals surface area (Å²) in [5.74, 6) is -2.35. The van der Waals surface area contributed by atoms with Crippen LogP contribution in [0, 0.1) is 5.92 Å². The van der Waals surface area contributed by atoms with Gasteiger partial charge in [0, 0.05) is 36.6 Å². The zero-order valence-corrected chi connectivity index (χ0v) is 22.6. The molecule has 0 radical (unpaired) electrons. The number of likely N-dealkylation sites (N-methyl/N-ethyl adjacent to an activating group) is 1. The van der Waals surface area contributed by atoms with E-state index in [4.69, 9.17) is 17.3 Å². The van der Waals surface area contributed by atoms with Gasteiger partial charge in [0.25, 0.3) is 5.91 Å². The van der Waals surface area contributed by atoms with Crippen LogP contribution in [0.4, 0.5) is 13.2 Å². The summed E-state index contributed by atoms with van der Waals surface area (Å²) in [6.07, 6.45) is 2.44. The maximum atomic E-state index is 13.6. The highest BCUT2D eigenvalue weighted by molar-refractivity contribution is 8.18. The molecular weight excluding hydrogens is 553 g/mol. The van der Waals surface area contributed by atoms with Gasteiger partial charge < -0.3 is 10.6 Å². The lowest BCUT2D eigenvalue weighted by Crippen LogP contribution is -2.39. The van der Waals surface area contributed by atoms with Crippen molar-refractivity contribution in [3.8, 4) is 0 Å². The molecule has 3 heterocycles. The molecule has 206 valence electrons. The van der Waals surface area contributed by atoms with Crippen LogP contribution < -0.4 is 5.73 Å². The van der Waals surface area contributed by atoms with E-state index in [1.807, 2.05) is 22.9 Å². The number of hydrogen-bond acceptors (Lipinski definition) is 6. The van der Waals surface area contributed by atoms with Gasteiger partial charge in [-0.3, -0.25) is 19.2 Å². The molecule has 8 nitrogen and oxygen atoms in total. The minimum Gasteiger partial charge on any atom is -0.369 e. The number of alkyl halides is 3. The van der Waals surface area contributed by atoms with Gasteiger partial charge >= 0.3 is 6.18 Å². The van der Waals surface area contributed by atoms with Gasteiger partial charge in [-0.05, 0) is 60.0 Å². The number of halogens is 4. The van der Waals surface area contributed by atoms with Crippen molar-refractivity contribution in [2.75, 3.05) is 26.7 Å². The van der Waals surface area contributed by atoms with Crippen molar-refractivity contribution in [2.24, 2.45) is 16.6 Å². The number of amidine groups is 1. The fourth-order valence-corrected chi connectivity index (χ4v) is 6.20. The van der Waals surface area contributed by atoms with Crippen LogP contribution in [0.1, 0.15) is 18.4 Å². The van der Waals surface area contributed by atoms with E-state index < -0.39 is 12.1 Å². The van der Waals surface area contributed by atoms with Gasteiger partial charge in [-0.2, -0.15) is 23.3 Å². The van der Waals surface area contributed by atoms with Crippen molar-refractivity contribution in [1.82, 2.24) is 19.6 Å². The second-order valence-electron chi connectivity index (χ2n) is 9.84. The molecule has 1 aromatic carbocycles. The van der Waals surface area contributed by atoms with Crippen molar-refractivity contribution in [3.63, 3.8) is 0 Å². The summed E-state index contributed by atoms with van der Waals surface area (Å²) >= 11 is 7.16.